The number of fused-ring (bicyclic) bond motifs is 1. The lowest BCUT2D eigenvalue weighted by molar-refractivity contribution is 0.0953. The highest BCUT2D eigenvalue weighted by Crippen LogP contribution is 2.26. The average Bonchev–Trinajstić information content (AvgIpc) is 3.24. The van der Waals surface area contributed by atoms with Crippen LogP contribution >= 0.6 is 0 Å². The van der Waals surface area contributed by atoms with Gasteiger partial charge >= 0.3 is 0 Å². The fourth-order valence-electron chi connectivity index (χ4n) is 4.33. The molecular formula is C30H35N3O3. The Kier molecular flexibility index (Phi) is 8.98. The highest BCUT2D eigenvalue weighted by Gasteiger charge is 2.11. The summed E-state index contributed by atoms with van der Waals surface area (Å²) in [6.45, 7) is 6.49. The van der Waals surface area contributed by atoms with Crippen molar-refractivity contribution in [3.63, 3.8) is 0 Å². The Labute approximate surface area is 213 Å². The molecule has 0 saturated heterocycles. The van der Waals surface area contributed by atoms with E-state index in [-0.39, 0.29) is 5.91 Å². The van der Waals surface area contributed by atoms with E-state index in [9.17, 15) is 4.79 Å². The lowest BCUT2D eigenvalue weighted by Gasteiger charge is -2.13. The number of ether oxygens (including phenoxy) is 2. The molecule has 0 bridgehead atoms. The van der Waals surface area contributed by atoms with Gasteiger partial charge in [-0.2, -0.15) is 0 Å². The van der Waals surface area contributed by atoms with Crippen LogP contribution in [0.25, 0.3) is 11.0 Å². The third-order valence-electron chi connectivity index (χ3n) is 6.10. The third kappa shape index (κ3) is 6.66. The maximum absolute atomic E-state index is 12.3. The number of aromatic nitrogens is 2. The molecule has 0 saturated carbocycles. The van der Waals surface area contributed by atoms with Crippen LogP contribution in [0.3, 0.4) is 0 Å². The van der Waals surface area contributed by atoms with Gasteiger partial charge in [-0.3, -0.25) is 4.79 Å². The van der Waals surface area contributed by atoms with E-state index >= 15 is 0 Å². The second-order valence-corrected chi connectivity index (χ2v) is 8.83. The number of imidazole rings is 1. The second kappa shape index (κ2) is 12.8. The van der Waals surface area contributed by atoms with E-state index in [1.54, 1.807) is 0 Å². The summed E-state index contributed by atoms with van der Waals surface area (Å²) in [5.41, 5.74) is 3.94. The van der Waals surface area contributed by atoms with Crippen LogP contribution in [-0.4, -0.2) is 35.2 Å². The number of nitrogens with zero attached hydrogens (tertiary/aromatic N) is 2. The van der Waals surface area contributed by atoms with Crippen molar-refractivity contribution in [1.82, 2.24) is 14.9 Å². The predicted molar refractivity (Wildman–Crippen MR) is 144 cm³/mol. The molecule has 0 aliphatic heterocycles. The first-order valence-corrected chi connectivity index (χ1v) is 12.8. The van der Waals surface area contributed by atoms with Gasteiger partial charge in [0.25, 0.3) is 5.91 Å². The summed E-state index contributed by atoms with van der Waals surface area (Å²) in [5.74, 6) is 2.59. The maximum atomic E-state index is 12.3. The molecule has 4 rings (SSSR count). The van der Waals surface area contributed by atoms with Crippen LogP contribution < -0.4 is 14.8 Å². The number of carbonyl (C=O) groups is 1. The Morgan fingerprint density at radius 3 is 2.50 bits per heavy atom. The molecule has 0 aliphatic rings. The Morgan fingerprint density at radius 2 is 1.69 bits per heavy atom. The third-order valence-corrected chi connectivity index (χ3v) is 6.10. The van der Waals surface area contributed by atoms with Gasteiger partial charge in [0.15, 0.2) is 11.5 Å². The lowest BCUT2D eigenvalue weighted by Crippen LogP contribution is -2.24. The van der Waals surface area contributed by atoms with Crippen molar-refractivity contribution in [2.24, 2.45) is 0 Å². The van der Waals surface area contributed by atoms with Crippen molar-refractivity contribution >= 4 is 16.9 Å². The van der Waals surface area contributed by atoms with E-state index in [4.69, 9.17) is 14.5 Å². The summed E-state index contributed by atoms with van der Waals surface area (Å²) < 4.78 is 14.0. The first-order chi connectivity index (χ1) is 17.7. The Bertz CT molecular complexity index is 1280. The smallest absolute Gasteiger partial charge is 0.251 e. The van der Waals surface area contributed by atoms with E-state index in [1.807, 2.05) is 74.5 Å². The van der Waals surface area contributed by atoms with Crippen molar-refractivity contribution in [3.05, 3.63) is 89.7 Å². The topological polar surface area (TPSA) is 65.4 Å². The van der Waals surface area contributed by atoms with Crippen molar-refractivity contribution in [2.45, 2.75) is 46.1 Å². The molecule has 0 spiro atoms. The van der Waals surface area contributed by atoms with Gasteiger partial charge in [0.05, 0.1) is 24.2 Å². The first-order valence-electron chi connectivity index (χ1n) is 12.8. The fraction of sp³-hybridized carbons (Fsp3) is 0.333. The van der Waals surface area contributed by atoms with E-state index in [2.05, 4.69) is 22.0 Å². The van der Waals surface area contributed by atoms with Crippen molar-refractivity contribution in [2.75, 3.05) is 19.8 Å². The molecule has 0 fully saturated rings. The molecule has 0 radical (unpaired) electrons. The van der Waals surface area contributed by atoms with Crippen LogP contribution in [0, 0.1) is 6.92 Å². The SMILES string of the molecule is CCOc1ccccc1OCCn1c(CCCCCNC(=O)c2cccc(C)c2)nc2ccccc21. The molecule has 1 aromatic heterocycles. The minimum absolute atomic E-state index is 0.00796. The Hall–Kier alpha value is -3.80. The van der Waals surface area contributed by atoms with Gasteiger partial charge in [-0.25, -0.2) is 4.98 Å². The first kappa shape index (κ1) is 25.3. The van der Waals surface area contributed by atoms with Crippen LogP contribution in [0.2, 0.25) is 0 Å². The molecule has 1 heterocycles. The van der Waals surface area contributed by atoms with Crippen LogP contribution in [0.1, 0.15) is 47.9 Å². The zero-order valence-electron chi connectivity index (χ0n) is 21.2. The zero-order valence-corrected chi connectivity index (χ0v) is 21.2. The second-order valence-electron chi connectivity index (χ2n) is 8.83. The van der Waals surface area contributed by atoms with E-state index in [0.29, 0.717) is 26.3 Å². The highest BCUT2D eigenvalue weighted by atomic mass is 16.5. The van der Waals surface area contributed by atoms with Crippen LogP contribution in [0.5, 0.6) is 11.5 Å². The standard InChI is InChI=1S/C30H35N3O3/c1-3-35-27-16-8-9-17-28(27)36-21-20-33-26-15-7-6-14-25(26)32-29(33)18-5-4-10-19-31-30(34)24-13-11-12-23(2)22-24/h6-9,11-17,22H,3-5,10,18-21H2,1-2H3,(H,31,34). The normalized spacial score (nSPS) is 10.9. The number of hydrogen-bond acceptors (Lipinski definition) is 4. The molecule has 4 aromatic rings. The van der Waals surface area contributed by atoms with Crippen molar-refractivity contribution < 1.29 is 14.3 Å². The minimum atomic E-state index is -0.00796. The van der Waals surface area contributed by atoms with Gasteiger partial charge in [0.2, 0.25) is 0 Å². The van der Waals surface area contributed by atoms with Gasteiger partial charge in [-0.15, -0.1) is 0 Å². The Morgan fingerprint density at radius 1 is 0.917 bits per heavy atom. The molecule has 0 aliphatic carbocycles. The van der Waals surface area contributed by atoms with Gasteiger partial charge in [-0.05, 0) is 63.1 Å². The largest absolute Gasteiger partial charge is 0.490 e. The molecule has 6 nitrogen and oxygen atoms in total. The molecule has 36 heavy (non-hydrogen) atoms. The summed E-state index contributed by atoms with van der Waals surface area (Å²) in [4.78, 5) is 17.2. The summed E-state index contributed by atoms with van der Waals surface area (Å²) in [6, 6.07) is 23.7. The molecule has 6 heteroatoms. The van der Waals surface area contributed by atoms with Crippen LogP contribution in [0.15, 0.2) is 72.8 Å². The molecule has 188 valence electrons. The van der Waals surface area contributed by atoms with Crippen molar-refractivity contribution in [3.8, 4) is 11.5 Å². The number of rotatable bonds is 13. The fourth-order valence-corrected chi connectivity index (χ4v) is 4.33. The summed E-state index contributed by atoms with van der Waals surface area (Å²) >= 11 is 0. The predicted octanol–water partition coefficient (Wildman–Crippen LogP) is 5.97. The van der Waals surface area contributed by atoms with Crippen LogP contribution in [0.4, 0.5) is 0 Å². The molecule has 1 N–H and O–H groups in total. The highest BCUT2D eigenvalue weighted by molar-refractivity contribution is 5.94. The maximum Gasteiger partial charge on any atom is 0.251 e. The molecule has 3 aromatic carbocycles. The molecule has 1 amide bonds. The number of carbonyl (C=O) groups excluding carboxylic acids is 1. The van der Waals surface area contributed by atoms with Crippen molar-refractivity contribution in [1.29, 1.82) is 0 Å². The number of hydrogen-bond donors (Lipinski definition) is 1. The quantitative estimate of drug-likeness (QED) is 0.237. The average molecular weight is 486 g/mol. The van der Waals surface area contributed by atoms with Gasteiger partial charge in [-0.1, -0.05) is 48.4 Å². The van der Waals surface area contributed by atoms with Gasteiger partial charge in [0.1, 0.15) is 12.4 Å². The number of nitrogens with one attached hydrogen (secondary N) is 1. The minimum Gasteiger partial charge on any atom is -0.490 e. The summed E-state index contributed by atoms with van der Waals surface area (Å²) in [6.07, 6.45) is 3.86. The number of aryl methyl sites for hydroxylation is 2. The lowest BCUT2D eigenvalue weighted by atomic mass is 10.1. The number of benzene rings is 3. The Balaban J connectivity index is 1.29. The summed E-state index contributed by atoms with van der Waals surface area (Å²) in [7, 11) is 0. The number of para-hydroxylation sites is 4. The van der Waals surface area contributed by atoms with Gasteiger partial charge in [0, 0.05) is 18.5 Å². The van der Waals surface area contributed by atoms with E-state index < -0.39 is 0 Å². The van der Waals surface area contributed by atoms with E-state index in [1.165, 1.54) is 0 Å². The molecule has 0 atom stereocenters. The summed E-state index contributed by atoms with van der Waals surface area (Å²) in [5, 5.41) is 3.03. The number of amides is 1. The van der Waals surface area contributed by atoms with E-state index in [0.717, 1.165) is 65.2 Å². The zero-order chi connectivity index (χ0) is 25.2. The van der Waals surface area contributed by atoms with Gasteiger partial charge < -0.3 is 19.4 Å². The molecule has 0 unspecified atom stereocenters. The monoisotopic (exact) mass is 485 g/mol. The van der Waals surface area contributed by atoms with Crippen LogP contribution in [-0.2, 0) is 13.0 Å². The number of unbranched alkanes of at least 4 members (excludes halogenated alkanes) is 2. The molecular weight excluding hydrogens is 450 g/mol.